The topological polar surface area (TPSA) is 20.3 Å². The van der Waals surface area contributed by atoms with E-state index in [0.717, 1.165) is 17.5 Å². The molecule has 0 bridgehead atoms. The van der Waals surface area contributed by atoms with Gasteiger partial charge in [0.25, 0.3) is 0 Å². The van der Waals surface area contributed by atoms with Crippen LogP contribution < -0.4 is 0 Å². The monoisotopic (exact) mass is 291 g/mol. The standard InChI is InChI=1S/C10H14INO/c1-9(13)4-5-10(2,8-11)12-6-3-7-12/h3,6-8H2,1-2H3. The van der Waals surface area contributed by atoms with Gasteiger partial charge in [0.2, 0.25) is 5.78 Å². The summed E-state index contributed by atoms with van der Waals surface area (Å²) in [6.07, 6.45) is 1.26. The summed E-state index contributed by atoms with van der Waals surface area (Å²) in [5.74, 6) is 5.67. The number of likely N-dealkylation sites (tertiary alicyclic amines) is 1. The van der Waals surface area contributed by atoms with Gasteiger partial charge in [0.1, 0.15) is 0 Å². The second kappa shape index (κ2) is 4.43. The van der Waals surface area contributed by atoms with Gasteiger partial charge in [0.15, 0.2) is 0 Å². The number of hydrogen-bond acceptors (Lipinski definition) is 2. The van der Waals surface area contributed by atoms with Crippen molar-refractivity contribution >= 4 is 28.4 Å². The van der Waals surface area contributed by atoms with E-state index in [1.807, 2.05) is 0 Å². The number of nitrogens with zero attached hydrogens (tertiary/aromatic N) is 1. The molecule has 1 fully saturated rings. The van der Waals surface area contributed by atoms with Crippen LogP contribution in [0.3, 0.4) is 0 Å². The number of halogens is 1. The van der Waals surface area contributed by atoms with Crippen LogP contribution in [-0.2, 0) is 4.79 Å². The Morgan fingerprint density at radius 2 is 2.23 bits per heavy atom. The third-order valence-corrected chi connectivity index (χ3v) is 3.81. The van der Waals surface area contributed by atoms with Crippen molar-refractivity contribution in [3.8, 4) is 11.8 Å². The molecule has 3 heteroatoms. The molecule has 0 aromatic heterocycles. The summed E-state index contributed by atoms with van der Waals surface area (Å²) in [5.41, 5.74) is -0.0928. The van der Waals surface area contributed by atoms with E-state index in [0.29, 0.717) is 0 Å². The van der Waals surface area contributed by atoms with Gasteiger partial charge >= 0.3 is 0 Å². The molecular formula is C10H14INO. The Kier molecular flexibility index (Phi) is 3.74. The maximum absolute atomic E-state index is 10.7. The zero-order chi connectivity index (χ0) is 9.90. The molecule has 1 saturated heterocycles. The second-order valence-electron chi connectivity index (χ2n) is 3.55. The summed E-state index contributed by atoms with van der Waals surface area (Å²) in [6.45, 7) is 5.85. The first kappa shape index (κ1) is 11.0. The lowest BCUT2D eigenvalue weighted by atomic mass is 9.99. The van der Waals surface area contributed by atoms with Crippen LogP contribution in [0.25, 0.3) is 0 Å². The van der Waals surface area contributed by atoms with Crippen molar-refractivity contribution in [1.82, 2.24) is 4.90 Å². The van der Waals surface area contributed by atoms with Crippen molar-refractivity contribution in [3.05, 3.63) is 0 Å². The van der Waals surface area contributed by atoms with Crippen molar-refractivity contribution in [1.29, 1.82) is 0 Å². The first-order valence-electron chi connectivity index (χ1n) is 4.43. The average Bonchev–Trinajstić information content (AvgIpc) is 1.98. The largest absolute Gasteiger partial charge is 0.287 e. The fourth-order valence-corrected chi connectivity index (χ4v) is 1.90. The van der Waals surface area contributed by atoms with E-state index in [9.17, 15) is 4.79 Å². The van der Waals surface area contributed by atoms with Crippen molar-refractivity contribution in [3.63, 3.8) is 0 Å². The van der Waals surface area contributed by atoms with Crippen LogP contribution >= 0.6 is 22.6 Å². The Morgan fingerprint density at radius 1 is 1.62 bits per heavy atom. The smallest absolute Gasteiger partial charge is 0.202 e. The SMILES string of the molecule is CC(=O)C#CC(C)(CI)N1CCC1. The highest BCUT2D eigenvalue weighted by Crippen LogP contribution is 2.23. The van der Waals surface area contributed by atoms with E-state index in [2.05, 4.69) is 46.3 Å². The minimum atomic E-state index is -0.0928. The van der Waals surface area contributed by atoms with Crippen LogP contribution in [0.4, 0.5) is 0 Å². The van der Waals surface area contributed by atoms with Gasteiger partial charge < -0.3 is 0 Å². The van der Waals surface area contributed by atoms with Gasteiger partial charge in [-0.25, -0.2) is 0 Å². The number of alkyl halides is 1. The lowest BCUT2D eigenvalue weighted by Gasteiger charge is -2.42. The van der Waals surface area contributed by atoms with Crippen molar-refractivity contribution in [2.24, 2.45) is 0 Å². The van der Waals surface area contributed by atoms with E-state index < -0.39 is 0 Å². The summed E-state index contributed by atoms with van der Waals surface area (Å²) in [4.78, 5) is 13.1. The fraction of sp³-hybridized carbons (Fsp3) is 0.700. The van der Waals surface area contributed by atoms with Crippen LogP contribution in [0.2, 0.25) is 0 Å². The summed E-state index contributed by atoms with van der Waals surface area (Å²) in [5, 5.41) is 0. The Balaban J connectivity index is 2.69. The fourth-order valence-electron chi connectivity index (χ4n) is 1.23. The second-order valence-corrected chi connectivity index (χ2v) is 4.32. The van der Waals surface area contributed by atoms with E-state index in [1.165, 1.54) is 13.3 Å². The van der Waals surface area contributed by atoms with Gasteiger partial charge in [-0.3, -0.25) is 9.69 Å². The summed E-state index contributed by atoms with van der Waals surface area (Å²) < 4.78 is 0.949. The quantitative estimate of drug-likeness (QED) is 0.332. The summed E-state index contributed by atoms with van der Waals surface area (Å²) >= 11 is 2.33. The van der Waals surface area contributed by atoms with Crippen molar-refractivity contribution < 1.29 is 4.79 Å². The molecule has 72 valence electrons. The highest BCUT2D eigenvalue weighted by atomic mass is 127. The maximum Gasteiger partial charge on any atom is 0.202 e. The van der Waals surface area contributed by atoms with Crippen molar-refractivity contribution in [2.45, 2.75) is 25.8 Å². The van der Waals surface area contributed by atoms with Gasteiger partial charge in [-0.05, 0) is 19.3 Å². The Morgan fingerprint density at radius 3 is 2.54 bits per heavy atom. The van der Waals surface area contributed by atoms with Crippen LogP contribution in [0.5, 0.6) is 0 Å². The van der Waals surface area contributed by atoms with E-state index >= 15 is 0 Å². The molecule has 1 heterocycles. The molecule has 1 aliphatic heterocycles. The van der Waals surface area contributed by atoms with Crippen LogP contribution in [0, 0.1) is 11.8 Å². The molecule has 0 amide bonds. The highest BCUT2D eigenvalue weighted by Gasteiger charge is 2.32. The van der Waals surface area contributed by atoms with E-state index in [-0.39, 0.29) is 11.3 Å². The predicted octanol–water partition coefficient (Wildman–Crippen LogP) is 1.48. The maximum atomic E-state index is 10.7. The number of hydrogen-bond donors (Lipinski definition) is 0. The molecule has 0 saturated carbocycles. The lowest BCUT2D eigenvalue weighted by molar-refractivity contribution is -0.111. The zero-order valence-corrected chi connectivity index (χ0v) is 10.2. The van der Waals surface area contributed by atoms with E-state index in [1.54, 1.807) is 0 Å². The molecule has 13 heavy (non-hydrogen) atoms. The van der Waals surface area contributed by atoms with Gasteiger partial charge in [0.05, 0.1) is 5.54 Å². The molecule has 0 radical (unpaired) electrons. The number of rotatable bonds is 2. The third-order valence-electron chi connectivity index (χ3n) is 2.32. The molecule has 0 aromatic rings. The molecule has 0 aromatic carbocycles. The Labute approximate surface area is 93.2 Å². The average molecular weight is 291 g/mol. The minimum absolute atomic E-state index is 0.0448. The normalized spacial score (nSPS) is 20.8. The molecular weight excluding hydrogens is 277 g/mol. The predicted molar refractivity (Wildman–Crippen MR) is 61.9 cm³/mol. The van der Waals surface area contributed by atoms with Gasteiger partial charge in [-0.2, -0.15) is 0 Å². The zero-order valence-electron chi connectivity index (χ0n) is 8.06. The highest BCUT2D eigenvalue weighted by molar-refractivity contribution is 14.1. The molecule has 1 unspecified atom stereocenters. The first-order valence-corrected chi connectivity index (χ1v) is 5.96. The van der Waals surface area contributed by atoms with E-state index in [4.69, 9.17) is 0 Å². The molecule has 1 aliphatic rings. The number of carbonyl (C=O) groups is 1. The van der Waals surface area contributed by atoms with Crippen LogP contribution in [0.1, 0.15) is 20.3 Å². The number of Topliss-reactive ketones (excluding diaryl/α,β-unsaturated/α-hetero) is 1. The molecule has 1 atom stereocenters. The lowest BCUT2D eigenvalue weighted by Crippen LogP contribution is -2.53. The molecule has 2 nitrogen and oxygen atoms in total. The minimum Gasteiger partial charge on any atom is -0.287 e. The van der Waals surface area contributed by atoms with Crippen LogP contribution in [0.15, 0.2) is 0 Å². The van der Waals surface area contributed by atoms with Gasteiger partial charge in [-0.15, -0.1) is 0 Å². The number of carbonyl (C=O) groups excluding carboxylic acids is 1. The first-order chi connectivity index (χ1) is 6.08. The van der Waals surface area contributed by atoms with Gasteiger partial charge in [-0.1, -0.05) is 28.5 Å². The molecule has 0 spiro atoms. The molecule has 1 rings (SSSR count). The Bertz CT molecular complexity index is 262. The summed E-state index contributed by atoms with van der Waals surface area (Å²) in [6, 6.07) is 0. The molecule has 0 N–H and O–H groups in total. The van der Waals surface area contributed by atoms with Crippen molar-refractivity contribution in [2.75, 3.05) is 17.5 Å². The van der Waals surface area contributed by atoms with Crippen LogP contribution in [-0.4, -0.2) is 33.7 Å². The summed E-state index contributed by atoms with van der Waals surface area (Å²) in [7, 11) is 0. The number of ketones is 1. The Hall–Kier alpha value is -0.0800. The van der Waals surface area contributed by atoms with Gasteiger partial charge in [0, 0.05) is 24.4 Å². The molecule has 0 aliphatic carbocycles. The third kappa shape index (κ3) is 2.68.